The van der Waals surface area contributed by atoms with E-state index in [9.17, 15) is 49.9 Å². The Balaban J connectivity index is 1.47. The molecule has 14 heteroatoms. The summed E-state index contributed by atoms with van der Waals surface area (Å²) < 4.78 is 101. The fraction of sp³-hybridized carbons (Fsp3) is 0.889. The van der Waals surface area contributed by atoms with E-state index in [0.29, 0.717) is 44.9 Å². The number of halogens is 5. The highest BCUT2D eigenvalue weighted by Gasteiger charge is 2.67. The minimum atomic E-state index is -6.53. The third-order valence-corrected chi connectivity index (χ3v) is 12.1. The quantitative estimate of drug-likeness (QED) is 0.238. The molecule has 234 valence electrons. The van der Waals surface area contributed by atoms with E-state index in [1.807, 2.05) is 6.92 Å². The monoisotopic (exact) mass is 616 g/mol. The van der Waals surface area contributed by atoms with Crippen LogP contribution in [0.15, 0.2) is 0 Å². The molecule has 0 bridgehead atoms. The Kier molecular flexibility index (Phi) is 8.26. The summed E-state index contributed by atoms with van der Waals surface area (Å²) in [6.07, 6.45) is -8.62. The number of Topliss-reactive ketones (excluding diaryl/α,β-unsaturated/α-hetero) is 2. The molecule has 3 unspecified atom stereocenters. The van der Waals surface area contributed by atoms with Crippen LogP contribution in [0.3, 0.4) is 0 Å². The van der Waals surface area contributed by atoms with Crippen LogP contribution in [0.25, 0.3) is 0 Å². The molecule has 0 aromatic rings. The van der Waals surface area contributed by atoms with Crippen LogP contribution in [0.4, 0.5) is 22.0 Å². The van der Waals surface area contributed by atoms with Crippen LogP contribution in [0.1, 0.15) is 78.6 Å². The zero-order valence-corrected chi connectivity index (χ0v) is 23.9. The molecule has 0 radical (unpaired) electrons. The van der Waals surface area contributed by atoms with E-state index in [-0.39, 0.29) is 58.9 Å². The number of hydrogen-bond donors (Lipinski definition) is 2. The number of aliphatic hydroxyl groups is 1. The van der Waals surface area contributed by atoms with E-state index < -0.39 is 51.6 Å². The predicted octanol–water partition coefficient (Wildman–Crippen LogP) is 4.74. The first kappa shape index (κ1) is 32.2. The maximum Gasteiger partial charge on any atom is 0.432 e. The van der Waals surface area contributed by atoms with Gasteiger partial charge in [-0.15, -0.1) is 0 Å². The number of carbonyl (C=O) groups excluding carboxylic acids is 3. The molecule has 0 heterocycles. The maximum absolute atomic E-state index is 13.8. The molecule has 10 atom stereocenters. The molecule has 0 aromatic heterocycles. The zero-order valence-electron chi connectivity index (χ0n) is 23.1. The average Bonchev–Trinajstić information content (AvgIpc) is 3.19. The van der Waals surface area contributed by atoms with E-state index in [2.05, 4.69) is 11.7 Å². The predicted molar refractivity (Wildman–Crippen MR) is 133 cm³/mol. The van der Waals surface area contributed by atoms with E-state index >= 15 is 0 Å². The summed E-state index contributed by atoms with van der Waals surface area (Å²) in [5.41, 5.74) is -0.984. The highest BCUT2D eigenvalue weighted by Crippen LogP contribution is 2.67. The molecule has 4 saturated carbocycles. The number of carbonyl (C=O) groups is 3. The Labute approximate surface area is 235 Å². The number of ether oxygens (including phenoxy) is 1. The van der Waals surface area contributed by atoms with Crippen molar-refractivity contribution in [3.63, 3.8) is 0 Å². The minimum absolute atomic E-state index is 0.0510. The molecule has 2 N–H and O–H groups in total. The lowest BCUT2D eigenvalue weighted by Crippen LogP contribution is -2.61. The first-order valence-corrected chi connectivity index (χ1v) is 15.4. The highest BCUT2D eigenvalue weighted by molar-refractivity contribution is 7.86. The summed E-state index contributed by atoms with van der Waals surface area (Å²) in [4.78, 5) is 37.8. The lowest BCUT2D eigenvalue weighted by atomic mass is 9.43. The summed E-state index contributed by atoms with van der Waals surface area (Å²) >= 11 is 0. The zero-order chi connectivity index (χ0) is 30.9. The fourth-order valence-corrected chi connectivity index (χ4v) is 9.31. The summed E-state index contributed by atoms with van der Waals surface area (Å²) in [6, 6.07) is 0. The normalized spacial score (nSPS) is 39.4. The summed E-state index contributed by atoms with van der Waals surface area (Å²) in [5.74, 6) is -2.68. The highest BCUT2D eigenvalue weighted by atomic mass is 32.2. The molecule has 4 rings (SSSR count). The Morgan fingerprint density at radius 1 is 1.10 bits per heavy atom. The van der Waals surface area contributed by atoms with E-state index in [0.717, 1.165) is 0 Å². The largest absolute Gasteiger partial charge is 0.445 e. The van der Waals surface area contributed by atoms with Crippen LogP contribution < -0.4 is 0 Å². The number of fused-ring (bicyclic) bond motifs is 5. The number of rotatable bonds is 7. The van der Waals surface area contributed by atoms with E-state index in [4.69, 9.17) is 4.55 Å². The maximum atomic E-state index is 13.8. The lowest BCUT2D eigenvalue weighted by molar-refractivity contribution is -0.259. The summed E-state index contributed by atoms with van der Waals surface area (Å²) in [6.45, 7) is 5.73. The van der Waals surface area contributed by atoms with Crippen molar-refractivity contribution in [3.8, 4) is 0 Å². The van der Waals surface area contributed by atoms with Crippen LogP contribution in [0.5, 0.6) is 0 Å². The van der Waals surface area contributed by atoms with Gasteiger partial charge in [0, 0.05) is 37.0 Å². The third kappa shape index (κ3) is 5.34. The number of hydrogen-bond acceptors (Lipinski definition) is 7. The van der Waals surface area contributed by atoms with Crippen LogP contribution in [-0.4, -0.2) is 59.3 Å². The Morgan fingerprint density at radius 3 is 2.32 bits per heavy atom. The van der Waals surface area contributed by atoms with Crippen molar-refractivity contribution < 1.29 is 59.1 Å². The number of alkyl halides is 5. The van der Waals surface area contributed by atoms with Gasteiger partial charge in [0.25, 0.3) is 6.10 Å². The molecule has 4 fully saturated rings. The topological polar surface area (TPSA) is 135 Å². The second kappa shape index (κ2) is 10.5. The average molecular weight is 617 g/mol. The van der Waals surface area contributed by atoms with Gasteiger partial charge < -0.3 is 9.84 Å². The molecule has 0 spiro atoms. The molecule has 0 saturated heterocycles. The van der Waals surface area contributed by atoms with Gasteiger partial charge in [-0.3, -0.25) is 18.9 Å². The third-order valence-electron chi connectivity index (χ3n) is 11.2. The van der Waals surface area contributed by atoms with Crippen LogP contribution in [-0.2, 0) is 29.2 Å². The van der Waals surface area contributed by atoms with Gasteiger partial charge in [-0.05, 0) is 67.1 Å². The van der Waals surface area contributed by atoms with Crippen molar-refractivity contribution in [2.24, 2.45) is 46.3 Å². The van der Waals surface area contributed by atoms with Crippen LogP contribution in [0, 0.1) is 46.3 Å². The molecule has 4 aliphatic rings. The molecular formula is C27H37F5O8S. The first-order valence-electron chi connectivity index (χ1n) is 14.0. The molecule has 0 aromatic carbocycles. The Morgan fingerprint density at radius 2 is 1.73 bits per heavy atom. The fourth-order valence-electron chi connectivity index (χ4n) is 8.86. The second-order valence-corrected chi connectivity index (χ2v) is 14.6. The van der Waals surface area contributed by atoms with Gasteiger partial charge in [0.1, 0.15) is 11.6 Å². The van der Waals surface area contributed by atoms with Gasteiger partial charge in [-0.25, -0.2) is 0 Å². The lowest BCUT2D eigenvalue weighted by Gasteiger charge is -2.61. The minimum Gasteiger partial charge on any atom is -0.445 e. The van der Waals surface area contributed by atoms with Crippen molar-refractivity contribution in [1.29, 1.82) is 0 Å². The smallest absolute Gasteiger partial charge is 0.432 e. The molecule has 4 aliphatic carbocycles. The number of esters is 1. The molecule has 41 heavy (non-hydrogen) atoms. The molecule has 0 amide bonds. The van der Waals surface area contributed by atoms with Gasteiger partial charge in [0.2, 0.25) is 0 Å². The second-order valence-electron chi connectivity index (χ2n) is 13.1. The van der Waals surface area contributed by atoms with Gasteiger partial charge in [0.15, 0.2) is 0 Å². The van der Waals surface area contributed by atoms with Crippen LogP contribution in [0.2, 0.25) is 0 Å². The number of ketones is 2. The molecule has 0 aliphatic heterocycles. The van der Waals surface area contributed by atoms with E-state index in [1.54, 1.807) is 6.92 Å². The Hall–Kier alpha value is -1.67. The molecular weight excluding hydrogens is 579 g/mol. The van der Waals surface area contributed by atoms with Crippen molar-refractivity contribution in [1.82, 2.24) is 0 Å². The van der Waals surface area contributed by atoms with Crippen LogP contribution >= 0.6 is 0 Å². The Bertz CT molecular complexity index is 1190. The van der Waals surface area contributed by atoms with Crippen molar-refractivity contribution >= 4 is 27.7 Å². The van der Waals surface area contributed by atoms with Gasteiger partial charge in [-0.2, -0.15) is 30.4 Å². The van der Waals surface area contributed by atoms with Gasteiger partial charge in [0.05, 0.1) is 6.10 Å². The van der Waals surface area contributed by atoms with Crippen molar-refractivity contribution in [3.05, 3.63) is 0 Å². The van der Waals surface area contributed by atoms with E-state index in [1.165, 1.54) is 0 Å². The van der Waals surface area contributed by atoms with Gasteiger partial charge in [-0.1, -0.05) is 20.8 Å². The SMILES string of the molecule is CC(CCC(=O)OC(C(F)(F)F)C(F)(F)S(=O)(=O)O)[C@@H]1CC[C@@H]2[C@@H]3C(=O)C[C@@H]4CC(=O)CC[C@]4(C)[C@@H]3CC(O)[C@@]21C. The van der Waals surface area contributed by atoms with Crippen molar-refractivity contribution in [2.75, 3.05) is 0 Å². The van der Waals surface area contributed by atoms with Crippen molar-refractivity contribution in [2.45, 2.75) is 102 Å². The number of aliphatic hydroxyl groups excluding tert-OH is 1. The summed E-state index contributed by atoms with van der Waals surface area (Å²) in [7, 11) is -6.53. The first-order chi connectivity index (χ1) is 18.7. The standard InChI is InChI=1S/C27H37F5O8S/c1-13(4-7-21(36)40-23(26(28,29)30)27(31,32)41(37,38)39)16-5-6-17-22-18(12-20(35)25(16,17)3)24(2)9-8-15(33)10-14(24)11-19(22)34/h13-14,16-18,20,22-23,35H,4-12H2,1-3H3,(H,37,38,39)/t13?,14-,16-,17+,18+,20?,22-,23?,24-,25+/m0/s1. The summed E-state index contributed by atoms with van der Waals surface area (Å²) in [5, 5.41) is 5.74. The van der Waals surface area contributed by atoms with Gasteiger partial charge >= 0.3 is 27.5 Å². The molecule has 8 nitrogen and oxygen atoms in total.